The smallest absolute Gasteiger partial charge is 0.296 e. The zero-order chi connectivity index (χ0) is 22.8. The standard InChI is InChI=1S/C25H29N7O/c1-3-5-6-21-16-32(23-13-17(23)4-2)25(33)31(21)15-20-14-26-12-11-22(20)18-7-9-19(10-8-18)24-27-29-30-28-24/h7-12,14,16-17,23H,3-6,13,15H2,1-2H3,(H,27,28,29,30). The van der Waals surface area contributed by atoms with Gasteiger partial charge in [0, 0.05) is 35.9 Å². The van der Waals surface area contributed by atoms with E-state index in [1.165, 1.54) is 0 Å². The van der Waals surface area contributed by atoms with Crippen molar-refractivity contribution in [3.8, 4) is 22.5 Å². The van der Waals surface area contributed by atoms with Crippen molar-refractivity contribution >= 4 is 0 Å². The topological polar surface area (TPSA) is 94.3 Å². The number of imidazole rings is 1. The minimum atomic E-state index is 0.101. The third-order valence-electron chi connectivity index (χ3n) is 6.67. The van der Waals surface area contributed by atoms with E-state index in [0.717, 1.165) is 60.1 Å². The van der Waals surface area contributed by atoms with E-state index in [1.54, 1.807) is 6.20 Å². The first kappa shape index (κ1) is 21.3. The molecule has 170 valence electrons. The maximum absolute atomic E-state index is 13.4. The summed E-state index contributed by atoms with van der Waals surface area (Å²) in [7, 11) is 0. The zero-order valence-corrected chi connectivity index (χ0v) is 19.1. The van der Waals surface area contributed by atoms with Gasteiger partial charge in [-0.25, -0.2) is 4.79 Å². The van der Waals surface area contributed by atoms with E-state index in [1.807, 2.05) is 45.7 Å². The molecule has 3 aromatic heterocycles. The number of hydrogen-bond donors (Lipinski definition) is 1. The van der Waals surface area contributed by atoms with E-state index >= 15 is 0 Å². The average Bonchev–Trinajstić information content (AvgIpc) is 3.29. The first-order chi connectivity index (χ1) is 16.2. The minimum absolute atomic E-state index is 0.101. The fourth-order valence-electron chi connectivity index (χ4n) is 4.61. The number of H-pyrrole nitrogens is 1. The molecule has 0 bridgehead atoms. The molecule has 0 aliphatic heterocycles. The largest absolute Gasteiger partial charge is 0.328 e. The average molecular weight is 444 g/mol. The number of rotatable bonds is 9. The summed E-state index contributed by atoms with van der Waals surface area (Å²) in [5.74, 6) is 1.19. The molecule has 3 heterocycles. The Balaban J connectivity index is 1.47. The number of aryl methyl sites for hydroxylation is 1. The summed E-state index contributed by atoms with van der Waals surface area (Å²) in [4.78, 5) is 17.8. The molecule has 33 heavy (non-hydrogen) atoms. The molecule has 0 radical (unpaired) electrons. The first-order valence-electron chi connectivity index (χ1n) is 11.8. The second-order valence-corrected chi connectivity index (χ2v) is 8.82. The monoisotopic (exact) mass is 443 g/mol. The first-order valence-corrected chi connectivity index (χ1v) is 11.8. The predicted octanol–water partition coefficient (Wildman–Crippen LogP) is 4.25. The molecule has 2 atom stereocenters. The van der Waals surface area contributed by atoms with Crippen molar-refractivity contribution in [1.82, 2.24) is 34.7 Å². The number of pyridine rings is 1. The molecular formula is C25H29N7O. The Bertz CT molecular complexity index is 1270. The lowest BCUT2D eigenvalue weighted by Gasteiger charge is -2.12. The predicted molar refractivity (Wildman–Crippen MR) is 127 cm³/mol. The fourth-order valence-corrected chi connectivity index (χ4v) is 4.61. The molecule has 4 aromatic rings. The summed E-state index contributed by atoms with van der Waals surface area (Å²) >= 11 is 0. The second kappa shape index (κ2) is 9.13. The van der Waals surface area contributed by atoms with Crippen molar-refractivity contribution in [2.75, 3.05) is 0 Å². The summed E-state index contributed by atoms with van der Waals surface area (Å²) < 4.78 is 3.93. The molecule has 0 spiro atoms. The number of benzene rings is 1. The lowest BCUT2D eigenvalue weighted by atomic mass is 10.00. The Hall–Kier alpha value is -3.55. The number of hydrogen-bond acceptors (Lipinski definition) is 5. The molecule has 8 heteroatoms. The number of tetrazole rings is 1. The van der Waals surface area contributed by atoms with Gasteiger partial charge < -0.3 is 0 Å². The number of nitrogens with zero attached hydrogens (tertiary/aromatic N) is 6. The van der Waals surface area contributed by atoms with Crippen LogP contribution in [0.15, 0.2) is 53.7 Å². The van der Waals surface area contributed by atoms with Gasteiger partial charge in [-0.1, -0.05) is 51.0 Å². The molecule has 1 saturated carbocycles. The van der Waals surface area contributed by atoms with Gasteiger partial charge in [-0.05, 0) is 53.2 Å². The van der Waals surface area contributed by atoms with E-state index in [4.69, 9.17) is 0 Å². The van der Waals surface area contributed by atoms with Crippen LogP contribution in [0.2, 0.25) is 0 Å². The van der Waals surface area contributed by atoms with Crippen LogP contribution >= 0.6 is 0 Å². The third kappa shape index (κ3) is 4.25. The van der Waals surface area contributed by atoms with Gasteiger partial charge >= 0.3 is 5.69 Å². The molecule has 5 rings (SSSR count). The number of nitrogens with one attached hydrogen (secondary N) is 1. The Morgan fingerprint density at radius 3 is 2.64 bits per heavy atom. The Kier molecular flexibility index (Phi) is 5.90. The van der Waals surface area contributed by atoms with E-state index in [2.05, 4.69) is 45.7 Å². The summed E-state index contributed by atoms with van der Waals surface area (Å²) in [6.45, 7) is 4.91. The van der Waals surface area contributed by atoms with Crippen LogP contribution in [0.25, 0.3) is 22.5 Å². The van der Waals surface area contributed by atoms with Crippen LogP contribution in [0.3, 0.4) is 0 Å². The molecule has 1 fully saturated rings. The van der Waals surface area contributed by atoms with Crippen LogP contribution < -0.4 is 5.69 Å². The van der Waals surface area contributed by atoms with Crippen molar-refractivity contribution in [2.24, 2.45) is 5.92 Å². The minimum Gasteiger partial charge on any atom is -0.296 e. The Morgan fingerprint density at radius 1 is 1.12 bits per heavy atom. The van der Waals surface area contributed by atoms with Crippen LogP contribution in [-0.2, 0) is 13.0 Å². The van der Waals surface area contributed by atoms with Crippen LogP contribution in [0.1, 0.15) is 56.8 Å². The maximum Gasteiger partial charge on any atom is 0.328 e. The van der Waals surface area contributed by atoms with Crippen molar-refractivity contribution in [3.63, 3.8) is 0 Å². The fraction of sp³-hybridized carbons (Fsp3) is 0.400. The molecule has 0 amide bonds. The van der Waals surface area contributed by atoms with Gasteiger partial charge in [-0.2, -0.15) is 5.21 Å². The van der Waals surface area contributed by atoms with Gasteiger partial charge in [0.2, 0.25) is 5.82 Å². The van der Waals surface area contributed by atoms with Crippen molar-refractivity contribution in [2.45, 2.75) is 58.5 Å². The molecule has 1 N–H and O–H groups in total. The highest BCUT2D eigenvalue weighted by atomic mass is 16.1. The van der Waals surface area contributed by atoms with Crippen LogP contribution in [-0.4, -0.2) is 34.7 Å². The van der Waals surface area contributed by atoms with Gasteiger partial charge in [0.25, 0.3) is 0 Å². The lowest BCUT2D eigenvalue weighted by Crippen LogP contribution is -2.25. The molecule has 8 nitrogen and oxygen atoms in total. The highest BCUT2D eigenvalue weighted by molar-refractivity contribution is 5.69. The van der Waals surface area contributed by atoms with Crippen LogP contribution in [0.5, 0.6) is 0 Å². The second-order valence-electron chi connectivity index (χ2n) is 8.82. The van der Waals surface area contributed by atoms with Gasteiger partial charge in [0.15, 0.2) is 0 Å². The Labute approximate surface area is 192 Å². The number of aromatic amines is 1. The van der Waals surface area contributed by atoms with Crippen LogP contribution in [0.4, 0.5) is 0 Å². The summed E-state index contributed by atoms with van der Waals surface area (Å²) in [6, 6.07) is 10.4. The molecule has 0 saturated heterocycles. The third-order valence-corrected chi connectivity index (χ3v) is 6.67. The van der Waals surface area contributed by atoms with Gasteiger partial charge in [0.05, 0.1) is 6.54 Å². The molecule has 2 unspecified atom stereocenters. The van der Waals surface area contributed by atoms with E-state index < -0.39 is 0 Å². The summed E-state index contributed by atoms with van der Waals surface area (Å²) in [6.07, 6.45) is 11.1. The summed E-state index contributed by atoms with van der Waals surface area (Å²) in [5.41, 5.74) is 5.28. The summed E-state index contributed by atoms with van der Waals surface area (Å²) in [5, 5.41) is 14.2. The molecule has 1 aromatic carbocycles. The van der Waals surface area contributed by atoms with Crippen LogP contribution in [0, 0.1) is 5.92 Å². The quantitative estimate of drug-likeness (QED) is 0.417. The molecule has 1 aliphatic rings. The van der Waals surface area contributed by atoms with Crippen molar-refractivity contribution in [1.29, 1.82) is 0 Å². The molecular weight excluding hydrogens is 414 g/mol. The normalized spacial score (nSPS) is 17.4. The zero-order valence-electron chi connectivity index (χ0n) is 19.1. The van der Waals surface area contributed by atoms with E-state index in [0.29, 0.717) is 24.3 Å². The number of aromatic nitrogens is 7. The van der Waals surface area contributed by atoms with Gasteiger partial charge in [0.1, 0.15) is 0 Å². The van der Waals surface area contributed by atoms with Crippen molar-refractivity contribution < 1.29 is 0 Å². The Morgan fingerprint density at radius 2 is 1.94 bits per heavy atom. The van der Waals surface area contributed by atoms with E-state index in [9.17, 15) is 4.79 Å². The highest BCUT2D eigenvalue weighted by Gasteiger charge is 2.38. The lowest BCUT2D eigenvalue weighted by molar-refractivity contribution is 0.598. The van der Waals surface area contributed by atoms with E-state index in [-0.39, 0.29) is 5.69 Å². The van der Waals surface area contributed by atoms with Crippen molar-refractivity contribution in [3.05, 3.63) is 70.7 Å². The highest BCUT2D eigenvalue weighted by Crippen LogP contribution is 2.44. The maximum atomic E-state index is 13.4. The van der Waals surface area contributed by atoms with Gasteiger partial charge in [-0.3, -0.25) is 14.1 Å². The number of unbranched alkanes of at least 4 members (excludes halogenated alkanes) is 1. The SMILES string of the molecule is CCCCc1cn(C2CC2CC)c(=O)n1Cc1cnccc1-c1ccc(-c2nn[nH]n2)cc1. The molecule has 1 aliphatic carbocycles. The van der Waals surface area contributed by atoms with Gasteiger partial charge in [-0.15, -0.1) is 10.2 Å².